The zero-order chi connectivity index (χ0) is 16.1. The summed E-state index contributed by atoms with van der Waals surface area (Å²) in [6.45, 7) is 2.79. The van der Waals surface area contributed by atoms with Crippen LogP contribution in [0.2, 0.25) is 0 Å². The van der Waals surface area contributed by atoms with Gasteiger partial charge in [-0.25, -0.2) is 0 Å². The molecule has 120 valence electrons. The SMILES string of the molecule is N#CC1CN(C(=O)C2CC=CCC2)CCN1Cc1ccccc1. The number of nitrogens with zero attached hydrogens (tertiary/aromatic N) is 3. The quantitative estimate of drug-likeness (QED) is 0.806. The third kappa shape index (κ3) is 3.80. The van der Waals surface area contributed by atoms with Crippen molar-refractivity contribution in [3.05, 3.63) is 48.0 Å². The highest BCUT2D eigenvalue weighted by molar-refractivity contribution is 5.79. The lowest BCUT2D eigenvalue weighted by Crippen LogP contribution is -2.55. The Morgan fingerprint density at radius 1 is 1.22 bits per heavy atom. The summed E-state index contributed by atoms with van der Waals surface area (Å²) < 4.78 is 0. The molecular weight excluding hydrogens is 286 g/mol. The molecule has 1 aliphatic carbocycles. The number of nitriles is 1. The molecule has 1 amide bonds. The van der Waals surface area contributed by atoms with Gasteiger partial charge in [-0.1, -0.05) is 42.5 Å². The van der Waals surface area contributed by atoms with Crippen LogP contribution in [0.4, 0.5) is 0 Å². The van der Waals surface area contributed by atoms with Gasteiger partial charge in [-0.2, -0.15) is 5.26 Å². The van der Waals surface area contributed by atoms with E-state index >= 15 is 0 Å². The van der Waals surface area contributed by atoms with Crippen LogP contribution >= 0.6 is 0 Å². The van der Waals surface area contributed by atoms with Gasteiger partial charge in [0.1, 0.15) is 6.04 Å². The third-order valence-electron chi connectivity index (χ3n) is 4.80. The molecule has 1 aliphatic heterocycles. The van der Waals surface area contributed by atoms with E-state index in [0.29, 0.717) is 6.54 Å². The van der Waals surface area contributed by atoms with E-state index in [2.05, 4.69) is 35.3 Å². The second-order valence-electron chi connectivity index (χ2n) is 6.37. The summed E-state index contributed by atoms with van der Waals surface area (Å²) in [5.41, 5.74) is 1.21. The third-order valence-corrected chi connectivity index (χ3v) is 4.80. The Hall–Kier alpha value is -2.12. The van der Waals surface area contributed by atoms with Crippen molar-refractivity contribution in [2.45, 2.75) is 31.8 Å². The molecule has 1 aromatic carbocycles. The number of allylic oxidation sites excluding steroid dienone is 2. The van der Waals surface area contributed by atoms with E-state index in [4.69, 9.17) is 0 Å². The van der Waals surface area contributed by atoms with E-state index in [-0.39, 0.29) is 17.9 Å². The van der Waals surface area contributed by atoms with Crippen molar-refractivity contribution in [3.8, 4) is 6.07 Å². The molecule has 2 unspecified atom stereocenters. The summed E-state index contributed by atoms with van der Waals surface area (Å²) in [6, 6.07) is 12.4. The van der Waals surface area contributed by atoms with Crippen LogP contribution in [-0.2, 0) is 11.3 Å². The zero-order valence-electron chi connectivity index (χ0n) is 13.4. The van der Waals surface area contributed by atoms with Gasteiger partial charge >= 0.3 is 0 Å². The first-order chi connectivity index (χ1) is 11.3. The van der Waals surface area contributed by atoms with Crippen LogP contribution < -0.4 is 0 Å². The topological polar surface area (TPSA) is 47.3 Å². The first-order valence-electron chi connectivity index (χ1n) is 8.39. The summed E-state index contributed by atoms with van der Waals surface area (Å²) in [6.07, 6.45) is 7.04. The minimum atomic E-state index is -0.216. The Morgan fingerprint density at radius 3 is 2.74 bits per heavy atom. The van der Waals surface area contributed by atoms with E-state index in [1.807, 2.05) is 23.1 Å². The lowest BCUT2D eigenvalue weighted by Gasteiger charge is -2.39. The lowest BCUT2D eigenvalue weighted by atomic mass is 9.92. The highest BCUT2D eigenvalue weighted by Crippen LogP contribution is 2.23. The molecule has 2 aliphatic rings. The van der Waals surface area contributed by atoms with Gasteiger partial charge in [0.2, 0.25) is 5.91 Å². The van der Waals surface area contributed by atoms with E-state index in [1.165, 1.54) is 5.56 Å². The summed E-state index contributed by atoms with van der Waals surface area (Å²) in [5, 5.41) is 9.51. The highest BCUT2D eigenvalue weighted by Gasteiger charge is 2.32. The highest BCUT2D eigenvalue weighted by atomic mass is 16.2. The molecule has 0 aromatic heterocycles. The molecule has 1 fully saturated rings. The molecule has 0 N–H and O–H groups in total. The second kappa shape index (κ2) is 7.43. The second-order valence-corrected chi connectivity index (χ2v) is 6.37. The number of piperazine rings is 1. The van der Waals surface area contributed by atoms with Crippen molar-refractivity contribution in [1.82, 2.24) is 9.80 Å². The van der Waals surface area contributed by atoms with Crippen LogP contribution in [-0.4, -0.2) is 41.4 Å². The predicted molar refractivity (Wildman–Crippen MR) is 89.3 cm³/mol. The maximum Gasteiger partial charge on any atom is 0.226 e. The van der Waals surface area contributed by atoms with Crippen molar-refractivity contribution in [2.24, 2.45) is 5.92 Å². The molecule has 0 saturated carbocycles. The van der Waals surface area contributed by atoms with Crippen molar-refractivity contribution < 1.29 is 4.79 Å². The average Bonchev–Trinajstić information content (AvgIpc) is 2.63. The molecule has 1 heterocycles. The van der Waals surface area contributed by atoms with Gasteiger partial charge in [0.15, 0.2) is 0 Å². The van der Waals surface area contributed by atoms with Crippen molar-refractivity contribution in [1.29, 1.82) is 5.26 Å². The summed E-state index contributed by atoms with van der Waals surface area (Å²) in [5.74, 6) is 0.342. The Balaban J connectivity index is 1.61. The van der Waals surface area contributed by atoms with Crippen molar-refractivity contribution in [2.75, 3.05) is 19.6 Å². The Kier molecular flexibility index (Phi) is 5.09. The number of carbonyl (C=O) groups excluding carboxylic acids is 1. The van der Waals surface area contributed by atoms with Gasteiger partial charge in [0, 0.05) is 32.1 Å². The standard InChI is InChI=1S/C19H23N3O/c20-13-18-15-22(19(23)17-9-5-2-6-10-17)12-11-21(18)14-16-7-3-1-4-8-16/h1-5,7-8,17-18H,6,9-12,14-15H2. The predicted octanol–water partition coefficient (Wildman–Crippen LogP) is 2.58. The van der Waals surface area contributed by atoms with Crippen LogP contribution in [0.5, 0.6) is 0 Å². The number of hydrogen-bond donors (Lipinski definition) is 0. The van der Waals surface area contributed by atoms with Crippen LogP contribution in [0.15, 0.2) is 42.5 Å². The number of rotatable bonds is 3. The molecule has 0 bridgehead atoms. The molecule has 3 rings (SSSR count). The van der Waals surface area contributed by atoms with Gasteiger partial charge < -0.3 is 4.90 Å². The van der Waals surface area contributed by atoms with Gasteiger partial charge in [0.05, 0.1) is 6.07 Å². The Labute approximate surface area is 138 Å². The monoisotopic (exact) mass is 309 g/mol. The van der Waals surface area contributed by atoms with Crippen LogP contribution in [0.1, 0.15) is 24.8 Å². The van der Waals surface area contributed by atoms with Gasteiger partial charge in [-0.15, -0.1) is 0 Å². The number of benzene rings is 1. The fourth-order valence-corrected chi connectivity index (χ4v) is 3.43. The average molecular weight is 309 g/mol. The largest absolute Gasteiger partial charge is 0.339 e. The minimum Gasteiger partial charge on any atom is -0.339 e. The molecular formula is C19H23N3O. The molecule has 23 heavy (non-hydrogen) atoms. The number of carbonyl (C=O) groups is 1. The van der Waals surface area contributed by atoms with E-state index in [9.17, 15) is 10.1 Å². The molecule has 4 nitrogen and oxygen atoms in total. The minimum absolute atomic E-state index is 0.111. The van der Waals surface area contributed by atoms with E-state index in [0.717, 1.165) is 38.9 Å². The van der Waals surface area contributed by atoms with E-state index in [1.54, 1.807) is 0 Å². The first kappa shape index (κ1) is 15.8. The van der Waals surface area contributed by atoms with E-state index < -0.39 is 0 Å². The fraction of sp³-hybridized carbons (Fsp3) is 0.474. The molecule has 4 heteroatoms. The zero-order valence-corrected chi connectivity index (χ0v) is 13.4. The van der Waals surface area contributed by atoms with Crippen molar-refractivity contribution >= 4 is 5.91 Å². The fourth-order valence-electron chi connectivity index (χ4n) is 3.43. The summed E-state index contributed by atoms with van der Waals surface area (Å²) in [7, 11) is 0. The summed E-state index contributed by atoms with van der Waals surface area (Å²) >= 11 is 0. The maximum atomic E-state index is 12.6. The molecule has 0 radical (unpaired) electrons. The molecule has 1 aromatic rings. The number of hydrogen-bond acceptors (Lipinski definition) is 3. The lowest BCUT2D eigenvalue weighted by molar-refractivity contribution is -0.138. The Bertz CT molecular complexity index is 605. The van der Waals surface area contributed by atoms with Gasteiger partial charge in [0.25, 0.3) is 0 Å². The molecule has 0 spiro atoms. The van der Waals surface area contributed by atoms with Crippen LogP contribution in [0.25, 0.3) is 0 Å². The number of amides is 1. The first-order valence-corrected chi connectivity index (χ1v) is 8.39. The maximum absolute atomic E-state index is 12.6. The smallest absolute Gasteiger partial charge is 0.226 e. The summed E-state index contributed by atoms with van der Waals surface area (Å²) in [4.78, 5) is 16.7. The van der Waals surface area contributed by atoms with Gasteiger partial charge in [-0.3, -0.25) is 9.69 Å². The molecule has 1 saturated heterocycles. The normalized spacial score (nSPS) is 25.1. The van der Waals surface area contributed by atoms with Gasteiger partial charge in [-0.05, 0) is 24.8 Å². The molecule has 2 atom stereocenters. The van der Waals surface area contributed by atoms with Crippen LogP contribution in [0.3, 0.4) is 0 Å². The van der Waals surface area contributed by atoms with Crippen molar-refractivity contribution in [3.63, 3.8) is 0 Å². The Morgan fingerprint density at radius 2 is 2.04 bits per heavy atom. The van der Waals surface area contributed by atoms with Crippen LogP contribution in [0, 0.1) is 17.2 Å².